The summed E-state index contributed by atoms with van der Waals surface area (Å²) in [7, 11) is 0. The molecule has 2 aromatic carbocycles. The van der Waals surface area contributed by atoms with E-state index in [0.717, 1.165) is 11.3 Å². The van der Waals surface area contributed by atoms with E-state index in [2.05, 4.69) is 4.99 Å². The van der Waals surface area contributed by atoms with Gasteiger partial charge in [0.15, 0.2) is 5.17 Å². The number of carbonyl (C=O) groups excluding carboxylic acids is 1. The standard InChI is InChI=1S/C19H12FN3OS/c20-14-8-6-12(7-9-14)10-15-17(21)23-16(13-4-2-1-3-5-13)11-25-19(23)22-18(15)24/h1-11,21H. The van der Waals surface area contributed by atoms with E-state index in [0.29, 0.717) is 10.7 Å². The summed E-state index contributed by atoms with van der Waals surface area (Å²) in [4.78, 5) is 18.1. The Morgan fingerprint density at radius 1 is 1.08 bits per heavy atom. The van der Waals surface area contributed by atoms with Crippen LogP contribution in [0.5, 0.6) is 0 Å². The number of hydrogen-bond acceptors (Lipinski definition) is 3. The molecule has 2 aromatic rings. The lowest BCUT2D eigenvalue weighted by Crippen LogP contribution is -2.38. The number of benzene rings is 2. The van der Waals surface area contributed by atoms with Gasteiger partial charge in [-0.3, -0.25) is 15.1 Å². The Hall–Kier alpha value is -2.99. The number of fused-ring (bicyclic) bond motifs is 1. The van der Waals surface area contributed by atoms with Crippen molar-refractivity contribution < 1.29 is 9.18 Å². The molecule has 4 nitrogen and oxygen atoms in total. The van der Waals surface area contributed by atoms with E-state index in [1.54, 1.807) is 23.1 Å². The number of hydrogen-bond donors (Lipinski definition) is 1. The first-order valence-electron chi connectivity index (χ1n) is 7.55. The maximum Gasteiger partial charge on any atom is 0.283 e. The van der Waals surface area contributed by atoms with Crippen LogP contribution < -0.4 is 0 Å². The van der Waals surface area contributed by atoms with Crippen LogP contribution in [-0.2, 0) is 4.79 Å². The van der Waals surface area contributed by atoms with Gasteiger partial charge >= 0.3 is 0 Å². The number of nitrogens with zero attached hydrogens (tertiary/aromatic N) is 2. The quantitative estimate of drug-likeness (QED) is 0.830. The smallest absolute Gasteiger partial charge is 0.283 e. The fourth-order valence-corrected chi connectivity index (χ4v) is 3.53. The summed E-state index contributed by atoms with van der Waals surface area (Å²) in [6.07, 6.45) is 1.57. The van der Waals surface area contributed by atoms with E-state index in [1.807, 2.05) is 35.7 Å². The minimum Gasteiger partial charge on any atom is -0.283 e. The highest BCUT2D eigenvalue weighted by atomic mass is 32.2. The van der Waals surface area contributed by atoms with Crippen LogP contribution in [0.2, 0.25) is 0 Å². The van der Waals surface area contributed by atoms with Crippen LogP contribution >= 0.6 is 11.8 Å². The molecule has 0 saturated carbocycles. The lowest BCUT2D eigenvalue weighted by molar-refractivity contribution is -0.114. The highest BCUT2D eigenvalue weighted by molar-refractivity contribution is 8.17. The zero-order valence-corrected chi connectivity index (χ0v) is 13.8. The van der Waals surface area contributed by atoms with Gasteiger partial charge in [-0.25, -0.2) is 4.39 Å². The van der Waals surface area contributed by atoms with Gasteiger partial charge in [-0.15, -0.1) is 0 Å². The van der Waals surface area contributed by atoms with Crippen LogP contribution in [0.15, 0.2) is 70.6 Å². The Bertz CT molecular complexity index is 962. The minimum absolute atomic E-state index is 0.0689. The van der Waals surface area contributed by atoms with Crippen molar-refractivity contribution in [3.63, 3.8) is 0 Å². The van der Waals surface area contributed by atoms with Gasteiger partial charge in [0.2, 0.25) is 0 Å². The molecule has 2 aliphatic heterocycles. The fraction of sp³-hybridized carbons (Fsp3) is 0. The van der Waals surface area contributed by atoms with Gasteiger partial charge in [0, 0.05) is 5.41 Å². The number of rotatable bonds is 2. The first-order valence-corrected chi connectivity index (χ1v) is 8.43. The molecule has 1 N–H and O–H groups in total. The first-order chi connectivity index (χ1) is 12.1. The van der Waals surface area contributed by atoms with Crippen molar-refractivity contribution in [2.24, 2.45) is 4.99 Å². The summed E-state index contributed by atoms with van der Waals surface area (Å²) in [5, 5.41) is 10.9. The third-order valence-electron chi connectivity index (χ3n) is 3.87. The zero-order valence-electron chi connectivity index (χ0n) is 12.9. The Labute approximate surface area is 147 Å². The summed E-state index contributed by atoms with van der Waals surface area (Å²) >= 11 is 1.32. The lowest BCUT2D eigenvalue weighted by atomic mass is 10.1. The predicted molar refractivity (Wildman–Crippen MR) is 98.4 cm³/mol. The van der Waals surface area contributed by atoms with E-state index in [1.165, 1.54) is 23.9 Å². The van der Waals surface area contributed by atoms with Crippen LogP contribution in [0.3, 0.4) is 0 Å². The van der Waals surface area contributed by atoms with Crippen molar-refractivity contribution >= 4 is 40.4 Å². The summed E-state index contributed by atoms with van der Waals surface area (Å²) < 4.78 is 13.1. The molecule has 2 heterocycles. The molecular weight excluding hydrogens is 337 g/mol. The molecular formula is C19H12FN3OS. The summed E-state index contributed by atoms with van der Waals surface area (Å²) in [6, 6.07) is 15.4. The molecule has 0 unspecified atom stereocenters. The Balaban J connectivity index is 1.74. The molecule has 4 rings (SSSR count). The molecule has 1 amide bonds. The summed E-state index contributed by atoms with van der Waals surface area (Å²) in [6.45, 7) is 0. The van der Waals surface area contributed by atoms with Gasteiger partial charge in [-0.05, 0) is 29.3 Å². The minimum atomic E-state index is -0.462. The second-order valence-corrected chi connectivity index (χ2v) is 6.32. The number of thioether (sulfide) groups is 1. The van der Waals surface area contributed by atoms with Crippen molar-refractivity contribution in [3.05, 3.63) is 82.5 Å². The molecule has 0 fully saturated rings. The molecule has 0 atom stereocenters. The van der Waals surface area contributed by atoms with Crippen LogP contribution in [0.1, 0.15) is 11.1 Å². The molecule has 0 spiro atoms. The molecule has 0 aliphatic carbocycles. The Morgan fingerprint density at radius 2 is 1.80 bits per heavy atom. The highest BCUT2D eigenvalue weighted by Crippen LogP contribution is 2.37. The number of amidine groups is 2. The van der Waals surface area contributed by atoms with E-state index in [-0.39, 0.29) is 17.2 Å². The number of amides is 1. The van der Waals surface area contributed by atoms with Gasteiger partial charge in [-0.2, -0.15) is 4.99 Å². The fourth-order valence-electron chi connectivity index (χ4n) is 2.64. The van der Waals surface area contributed by atoms with Gasteiger partial charge in [0.05, 0.1) is 11.3 Å². The predicted octanol–water partition coefficient (Wildman–Crippen LogP) is 4.13. The number of nitrogens with one attached hydrogen (secondary N) is 1. The largest absolute Gasteiger partial charge is 0.283 e. The van der Waals surface area contributed by atoms with Crippen LogP contribution in [0.25, 0.3) is 11.8 Å². The third kappa shape index (κ3) is 2.81. The monoisotopic (exact) mass is 349 g/mol. The number of aliphatic imine (C=N–C) groups is 1. The SMILES string of the molecule is N=C1C(=Cc2ccc(F)cc2)C(=O)N=C2SC=C(c3ccccc3)N12. The second kappa shape index (κ2) is 6.14. The maximum absolute atomic E-state index is 13.1. The average molecular weight is 349 g/mol. The van der Waals surface area contributed by atoms with Crippen molar-refractivity contribution in [3.8, 4) is 0 Å². The number of halogens is 1. The lowest BCUT2D eigenvalue weighted by Gasteiger charge is -2.26. The molecule has 0 saturated heterocycles. The Kier molecular flexibility index (Phi) is 3.82. The van der Waals surface area contributed by atoms with Crippen LogP contribution in [0.4, 0.5) is 4.39 Å². The van der Waals surface area contributed by atoms with E-state index < -0.39 is 5.91 Å². The van der Waals surface area contributed by atoms with Crippen molar-refractivity contribution in [1.29, 1.82) is 5.41 Å². The number of carbonyl (C=O) groups is 1. The van der Waals surface area contributed by atoms with Gasteiger partial charge in [0.1, 0.15) is 11.7 Å². The maximum atomic E-state index is 13.1. The van der Waals surface area contributed by atoms with Crippen LogP contribution in [-0.4, -0.2) is 21.8 Å². The molecule has 122 valence electrons. The Morgan fingerprint density at radius 3 is 2.52 bits per heavy atom. The normalized spacial score (nSPS) is 18.3. The molecule has 25 heavy (non-hydrogen) atoms. The highest BCUT2D eigenvalue weighted by Gasteiger charge is 2.36. The van der Waals surface area contributed by atoms with E-state index >= 15 is 0 Å². The van der Waals surface area contributed by atoms with Gasteiger partial charge < -0.3 is 0 Å². The summed E-state index contributed by atoms with van der Waals surface area (Å²) in [5.41, 5.74) is 2.58. The van der Waals surface area contributed by atoms with Crippen LogP contribution in [0, 0.1) is 11.2 Å². The molecule has 6 heteroatoms. The molecule has 0 radical (unpaired) electrons. The third-order valence-corrected chi connectivity index (χ3v) is 4.69. The van der Waals surface area contributed by atoms with Gasteiger partial charge in [0.25, 0.3) is 5.91 Å². The second-order valence-electron chi connectivity index (χ2n) is 5.48. The van der Waals surface area contributed by atoms with Gasteiger partial charge in [-0.1, -0.05) is 54.2 Å². The molecule has 0 aromatic heterocycles. The molecule has 2 aliphatic rings. The topological polar surface area (TPSA) is 56.5 Å². The van der Waals surface area contributed by atoms with Crippen molar-refractivity contribution in [2.75, 3.05) is 0 Å². The zero-order chi connectivity index (χ0) is 17.4. The summed E-state index contributed by atoms with van der Waals surface area (Å²) in [5.74, 6) is -0.743. The average Bonchev–Trinajstić information content (AvgIpc) is 3.05. The van der Waals surface area contributed by atoms with Crippen molar-refractivity contribution in [1.82, 2.24) is 4.90 Å². The van der Waals surface area contributed by atoms with E-state index in [9.17, 15) is 9.18 Å². The van der Waals surface area contributed by atoms with E-state index in [4.69, 9.17) is 5.41 Å². The van der Waals surface area contributed by atoms with Crippen molar-refractivity contribution in [2.45, 2.75) is 0 Å². The molecule has 0 bridgehead atoms. The first kappa shape index (κ1) is 15.5.